The highest BCUT2D eigenvalue weighted by Crippen LogP contribution is 2.36. The second kappa shape index (κ2) is 43.6. The van der Waals surface area contributed by atoms with Crippen molar-refractivity contribution in [2.75, 3.05) is 52.5 Å². The number of fused-ring (bicyclic) bond motifs is 7. The second-order valence-corrected chi connectivity index (χ2v) is 35.1. The maximum absolute atomic E-state index is 13.8. The number of hydrogen-bond acceptors (Lipinski definition) is 20. The van der Waals surface area contributed by atoms with Crippen molar-refractivity contribution < 1.29 is 48.4 Å². The van der Waals surface area contributed by atoms with Gasteiger partial charge in [-0.2, -0.15) is 25.5 Å². The monoisotopic (exact) mass is 1820 g/mol. The lowest BCUT2D eigenvalue weighted by Gasteiger charge is -2.30. The molecule has 0 aliphatic carbocycles. The lowest BCUT2D eigenvalue weighted by atomic mass is 9.98. The average Bonchev–Trinajstić information content (AvgIpc) is 1.63. The summed E-state index contributed by atoms with van der Waals surface area (Å²) < 4.78 is 25.8. The highest BCUT2D eigenvalue weighted by Gasteiger charge is 2.36. The molecule has 29 nitrogen and oxygen atoms in total. The quantitative estimate of drug-likeness (QED) is 0.0279. The Bertz CT molecular complexity index is 6640. The van der Waals surface area contributed by atoms with Gasteiger partial charge in [0.2, 0.25) is 0 Å². The molecular weight excluding hydrogens is 1710 g/mol. The van der Waals surface area contributed by atoms with Crippen LogP contribution in [0.5, 0.6) is 11.5 Å². The van der Waals surface area contributed by atoms with Gasteiger partial charge >= 0.3 is 0 Å². The lowest BCUT2D eigenvalue weighted by molar-refractivity contribution is 0.0724. The van der Waals surface area contributed by atoms with Crippen LogP contribution in [0.2, 0.25) is 0 Å². The van der Waals surface area contributed by atoms with Gasteiger partial charge in [0, 0.05) is 192 Å². The van der Waals surface area contributed by atoms with E-state index in [0.717, 1.165) is 187 Å². The van der Waals surface area contributed by atoms with Crippen LogP contribution in [0.4, 0.5) is 0 Å². The van der Waals surface area contributed by atoms with E-state index >= 15 is 0 Å². The molecule has 13 heterocycles. The topological polar surface area (TPSA) is 315 Å². The molecular formula is C107H113N19O10. The number of rotatable bonds is 27. The molecule has 0 saturated heterocycles. The van der Waals surface area contributed by atoms with Crippen LogP contribution in [0.1, 0.15) is 169 Å². The van der Waals surface area contributed by atoms with Crippen LogP contribution in [0.25, 0.3) is 16.7 Å². The number of pyridine rings is 1. The number of nitrogens with one attached hydrogen (secondary N) is 3. The van der Waals surface area contributed by atoms with E-state index in [4.69, 9.17) is 19.0 Å². The first-order valence-corrected chi connectivity index (χ1v) is 46.8. The molecule has 7 aromatic heterocycles. The minimum atomic E-state index is -0.195. The van der Waals surface area contributed by atoms with Gasteiger partial charge in [0.15, 0.2) is 34.3 Å². The smallest absolute Gasteiger partial charge is 0.275 e. The molecule has 0 spiro atoms. The minimum Gasteiger partial charge on any atom is -0.464 e. The number of hydrogen-bond donors (Lipinski definition) is 6. The predicted molar refractivity (Wildman–Crippen MR) is 515 cm³/mol. The number of aliphatic hydroxyl groups excluding tert-OH is 3. The normalized spacial score (nSPS) is 14.9. The zero-order valence-corrected chi connectivity index (χ0v) is 76.6. The molecule has 6 aliphatic rings. The zero-order chi connectivity index (χ0) is 93.2. The Balaban J connectivity index is 0.000000121. The van der Waals surface area contributed by atoms with Gasteiger partial charge in [-0.15, -0.1) is 0 Å². The number of amides is 4. The molecule has 6 aliphatic heterocycles. The van der Waals surface area contributed by atoms with Gasteiger partial charge < -0.3 is 50.1 Å². The fraction of sp³-hybridized carbons (Fsp3) is 0.290. The average molecular weight is 1830 g/mol. The summed E-state index contributed by atoms with van der Waals surface area (Å²) >= 11 is 0. The molecule has 136 heavy (non-hydrogen) atoms. The summed E-state index contributed by atoms with van der Waals surface area (Å²) in [5.41, 5.74) is 23.4. The maximum Gasteiger partial charge on any atom is 0.275 e. The summed E-state index contributed by atoms with van der Waals surface area (Å²) in [4.78, 5) is 69.2. The van der Waals surface area contributed by atoms with Crippen molar-refractivity contribution in [2.24, 2.45) is 0 Å². The summed E-state index contributed by atoms with van der Waals surface area (Å²) in [5, 5.41) is 62.0. The molecule has 696 valence electrons. The fourth-order valence-corrected chi connectivity index (χ4v) is 18.8. The Morgan fingerprint density at radius 2 is 0.875 bits per heavy atom. The first-order valence-electron chi connectivity index (χ1n) is 46.8. The van der Waals surface area contributed by atoms with E-state index in [0.29, 0.717) is 93.2 Å². The summed E-state index contributed by atoms with van der Waals surface area (Å²) in [6.07, 6.45) is 14.6. The molecule has 0 fully saturated rings. The van der Waals surface area contributed by atoms with Crippen LogP contribution in [-0.4, -0.2) is 170 Å². The van der Waals surface area contributed by atoms with Crippen molar-refractivity contribution in [3.05, 3.63) is 398 Å². The molecule has 29 heteroatoms. The van der Waals surface area contributed by atoms with E-state index in [9.17, 15) is 34.5 Å². The van der Waals surface area contributed by atoms with Gasteiger partial charge in [0.1, 0.15) is 18.1 Å². The van der Waals surface area contributed by atoms with E-state index in [1.165, 1.54) is 40.5 Å². The number of aliphatic hydroxyl groups is 3. The third-order valence-corrected chi connectivity index (χ3v) is 25.8. The number of carbonyl (C=O) groups excluding carboxylic acids is 4. The predicted octanol–water partition coefficient (Wildman–Crippen LogP) is 13.5. The van der Waals surface area contributed by atoms with Crippen LogP contribution in [0, 0.1) is 0 Å². The van der Waals surface area contributed by atoms with Gasteiger partial charge in [-0.05, 0) is 113 Å². The van der Waals surface area contributed by atoms with Crippen molar-refractivity contribution >= 4 is 34.6 Å². The van der Waals surface area contributed by atoms with Gasteiger partial charge in [-0.3, -0.25) is 62.5 Å². The van der Waals surface area contributed by atoms with Crippen molar-refractivity contribution in [2.45, 2.75) is 150 Å². The molecule has 2 atom stereocenters. The summed E-state index contributed by atoms with van der Waals surface area (Å²) in [7, 11) is 0. The van der Waals surface area contributed by atoms with E-state index in [1.54, 1.807) is 20.3 Å². The number of para-hydroxylation sites is 1. The number of furan rings is 1. The largest absolute Gasteiger partial charge is 0.464 e. The fourth-order valence-electron chi connectivity index (χ4n) is 18.8. The van der Waals surface area contributed by atoms with Crippen LogP contribution >= 0.6 is 0 Å². The third-order valence-electron chi connectivity index (χ3n) is 25.8. The van der Waals surface area contributed by atoms with Crippen molar-refractivity contribution in [1.82, 2.24) is 94.3 Å². The van der Waals surface area contributed by atoms with Gasteiger partial charge in [-0.25, -0.2) is 4.68 Å². The molecule has 6 N–H and O–H groups in total. The minimum absolute atomic E-state index is 0.0114. The molecule has 4 amide bonds. The van der Waals surface area contributed by atoms with Gasteiger partial charge in [0.25, 0.3) is 23.6 Å². The molecule has 15 aromatic rings. The maximum atomic E-state index is 13.8. The van der Waals surface area contributed by atoms with Gasteiger partial charge in [-0.1, -0.05) is 188 Å². The van der Waals surface area contributed by atoms with E-state index < -0.39 is 0 Å². The van der Waals surface area contributed by atoms with E-state index in [1.807, 2.05) is 210 Å². The van der Waals surface area contributed by atoms with E-state index in [-0.39, 0.29) is 55.5 Å². The second-order valence-electron chi connectivity index (χ2n) is 35.1. The Hall–Kier alpha value is -14.6. The Labute approximate surface area is 789 Å². The van der Waals surface area contributed by atoms with Gasteiger partial charge in [0.05, 0.1) is 81.9 Å². The number of aromatic nitrogens is 11. The number of carbonyl (C=O) groups is 4. The summed E-state index contributed by atoms with van der Waals surface area (Å²) in [5.74, 6) is 0.873. The van der Waals surface area contributed by atoms with E-state index in [2.05, 4.69) is 134 Å². The zero-order valence-electron chi connectivity index (χ0n) is 76.6. The van der Waals surface area contributed by atoms with Crippen LogP contribution in [0.3, 0.4) is 0 Å². The van der Waals surface area contributed by atoms with Crippen LogP contribution in [-0.2, 0) is 124 Å². The highest BCUT2D eigenvalue weighted by atomic mass is 16.5. The lowest BCUT2D eigenvalue weighted by Crippen LogP contribution is -2.37. The SMILES string of the molecule is CC(NC(=O)c1nn(CCO)c2c1CN(Cc1ccc3ccoc3c1)CC2)c1ccccc1.CC(NC(=O)c1nn(CCO)c2c1CN(Cc1cnn(-c3ccccc3)c1)CC2)c1ccccc1.O=C(NCc1ccccc1)c1nn(CCO)c2c1CN(Cc1ccc3c(c1)OC=CO3)CC2.O=C(c1nn(Cc2ccccn2)c2c1CN(Cc1ccccc1)CC2)N1CCc2ccccc2C1. The molecule has 2 unspecified atom stereocenters. The molecule has 21 rings (SSSR count). The van der Waals surface area contributed by atoms with Crippen LogP contribution in [0.15, 0.2) is 278 Å². The molecule has 0 radical (unpaired) electrons. The van der Waals surface area contributed by atoms with Crippen molar-refractivity contribution in [3.63, 3.8) is 0 Å². The number of benzene rings is 8. The third kappa shape index (κ3) is 22.1. The Morgan fingerprint density at radius 1 is 0.412 bits per heavy atom. The standard InChI is InChI=1S/C29H29N5O.C27H30N6O2.C26H28N4O3.C25H26N4O4/c35-29(33-17-13-23-10-4-5-11-24(23)19-33)28-26-21-32(18-22-8-2-1-3-9-22)16-14-27(26)34(31-28)20-25-12-6-7-15-30-25;1-20(22-8-4-2-5-9-22)29-27(35)26-24-19-31(13-12-25(24)32(30-26)14-15-34)17-21-16-28-33(18-21)23-10-6-3-7-11-23;1-18(20-5-3-2-4-6-20)27-26(32)25-22-17-29(11-9-23(22)30(28-25)12-13-31)16-19-7-8-21-10-14-33-24(21)15-19;30-11-10-29-21-8-9-28(16-19-6-7-22-23(14-19)33-13-12-32-22)17-20(21)24(27-29)25(31)26-15-18-4-2-1-3-5-18/h1-12,15H,13-14,16-21H2;2-11,16,18,20,34H,12-15,17,19H2,1H3,(H,29,35);2-8,10,14-15,18,31H,9,11-13,16-17H2,1H3,(H,27,32);1-7,12-14,30H,8-11,15-17H2,(H,26,31). The Morgan fingerprint density at radius 3 is 1.43 bits per heavy atom. The van der Waals surface area contributed by atoms with Crippen molar-refractivity contribution in [3.8, 4) is 17.2 Å². The first-order chi connectivity index (χ1) is 66.7. The summed E-state index contributed by atoms with van der Waals surface area (Å²) in [6, 6.07) is 78.4. The first kappa shape index (κ1) is 91.9. The molecule has 0 saturated carbocycles. The number of nitrogens with zero attached hydrogens (tertiary/aromatic N) is 16. The van der Waals surface area contributed by atoms with Crippen molar-refractivity contribution in [1.29, 1.82) is 0 Å². The Kier molecular flexibility index (Phi) is 29.5. The number of ether oxygens (including phenoxy) is 2. The molecule has 8 aromatic carbocycles. The van der Waals surface area contributed by atoms with Crippen LogP contribution < -0.4 is 25.4 Å². The highest BCUT2D eigenvalue weighted by molar-refractivity contribution is 5.96. The summed E-state index contributed by atoms with van der Waals surface area (Å²) in [6.45, 7) is 16.6. The molecule has 0 bridgehead atoms.